The highest BCUT2D eigenvalue weighted by atomic mass is 32.2. The van der Waals surface area contributed by atoms with Crippen molar-refractivity contribution < 1.29 is 0 Å². The third-order valence-electron chi connectivity index (χ3n) is 2.33. The predicted octanol–water partition coefficient (Wildman–Crippen LogP) is 2.22. The first-order valence-corrected chi connectivity index (χ1v) is 6.38. The third kappa shape index (κ3) is 4.62. The summed E-state index contributed by atoms with van der Waals surface area (Å²) in [4.78, 5) is 10.7. The first kappa shape index (κ1) is 12.5. The molecule has 0 aromatic carbocycles. The Hall–Kier alpha value is -0.610. The van der Waals surface area contributed by atoms with Crippen LogP contribution in [0, 0.1) is 6.92 Å². The molecule has 0 bridgehead atoms. The lowest BCUT2D eigenvalue weighted by Crippen LogP contribution is -2.25. The number of rotatable bonds is 6. The van der Waals surface area contributed by atoms with Crippen LogP contribution in [-0.2, 0) is 0 Å². The molecule has 4 heteroatoms. The molecule has 0 aliphatic heterocycles. The lowest BCUT2D eigenvalue weighted by molar-refractivity contribution is 0.324. The molecule has 3 nitrogen and oxygen atoms in total. The fourth-order valence-electron chi connectivity index (χ4n) is 1.33. The number of aromatic nitrogens is 2. The maximum Gasteiger partial charge on any atom is 0.116 e. The maximum atomic E-state index is 4.22. The number of aryl methyl sites for hydroxylation is 1. The molecular weight excluding hydrogens is 206 g/mol. The fourth-order valence-corrected chi connectivity index (χ4v) is 2.26. The zero-order valence-corrected chi connectivity index (χ0v) is 10.5. The molecule has 1 heterocycles. The van der Waals surface area contributed by atoms with E-state index >= 15 is 0 Å². The van der Waals surface area contributed by atoms with Gasteiger partial charge in [0.25, 0.3) is 0 Å². The molecule has 0 radical (unpaired) electrons. The summed E-state index contributed by atoms with van der Waals surface area (Å²) in [6.45, 7) is 9.77. The van der Waals surface area contributed by atoms with Gasteiger partial charge >= 0.3 is 0 Å². The first-order valence-electron chi connectivity index (χ1n) is 5.40. The summed E-state index contributed by atoms with van der Waals surface area (Å²) < 4.78 is 0. The Kier molecular flexibility index (Phi) is 5.65. The van der Waals surface area contributed by atoms with Gasteiger partial charge in [0.05, 0.1) is 5.03 Å². The largest absolute Gasteiger partial charge is 0.303 e. The van der Waals surface area contributed by atoms with Crippen LogP contribution in [0.5, 0.6) is 0 Å². The van der Waals surface area contributed by atoms with E-state index in [4.69, 9.17) is 0 Å². The molecule has 15 heavy (non-hydrogen) atoms. The van der Waals surface area contributed by atoms with E-state index in [0.29, 0.717) is 0 Å². The Morgan fingerprint density at radius 3 is 2.60 bits per heavy atom. The van der Waals surface area contributed by atoms with Gasteiger partial charge in [0.1, 0.15) is 6.33 Å². The average Bonchev–Trinajstić information content (AvgIpc) is 2.25. The summed E-state index contributed by atoms with van der Waals surface area (Å²) in [6.07, 6.45) is 1.63. The number of hydrogen-bond donors (Lipinski definition) is 0. The molecule has 0 atom stereocenters. The Bertz CT molecular complexity index is 287. The minimum absolute atomic E-state index is 1.04. The van der Waals surface area contributed by atoms with Crippen molar-refractivity contribution in [3.63, 3.8) is 0 Å². The highest BCUT2D eigenvalue weighted by molar-refractivity contribution is 7.99. The van der Waals surface area contributed by atoms with E-state index in [9.17, 15) is 0 Å². The summed E-state index contributed by atoms with van der Waals surface area (Å²) in [7, 11) is 0. The Balaban J connectivity index is 2.31. The lowest BCUT2D eigenvalue weighted by Gasteiger charge is -2.16. The van der Waals surface area contributed by atoms with Gasteiger partial charge in [-0.05, 0) is 26.1 Å². The normalized spacial score (nSPS) is 10.9. The topological polar surface area (TPSA) is 29.0 Å². The van der Waals surface area contributed by atoms with Crippen LogP contribution in [0.4, 0.5) is 0 Å². The van der Waals surface area contributed by atoms with Crippen molar-refractivity contribution in [3.8, 4) is 0 Å². The van der Waals surface area contributed by atoms with E-state index in [1.807, 2.05) is 13.0 Å². The second-order valence-electron chi connectivity index (χ2n) is 3.37. The zero-order valence-electron chi connectivity index (χ0n) is 9.73. The Morgan fingerprint density at radius 2 is 2.00 bits per heavy atom. The lowest BCUT2D eigenvalue weighted by atomic mass is 10.5. The second-order valence-corrected chi connectivity index (χ2v) is 4.49. The number of hydrogen-bond acceptors (Lipinski definition) is 4. The number of thioether (sulfide) groups is 1. The Morgan fingerprint density at radius 1 is 1.27 bits per heavy atom. The van der Waals surface area contributed by atoms with Gasteiger partial charge in [-0.3, -0.25) is 0 Å². The van der Waals surface area contributed by atoms with Crippen LogP contribution in [0.3, 0.4) is 0 Å². The average molecular weight is 225 g/mol. The SMILES string of the molecule is CCN(CC)CCSc1cc(C)ncn1. The third-order valence-corrected chi connectivity index (χ3v) is 3.24. The molecule has 1 aromatic rings. The van der Waals surface area contributed by atoms with Crippen LogP contribution in [0.25, 0.3) is 0 Å². The molecule has 0 N–H and O–H groups in total. The molecular formula is C11H19N3S. The van der Waals surface area contributed by atoms with Crippen LogP contribution in [-0.4, -0.2) is 40.3 Å². The molecule has 0 fully saturated rings. The van der Waals surface area contributed by atoms with Crippen molar-refractivity contribution in [2.75, 3.05) is 25.4 Å². The van der Waals surface area contributed by atoms with Gasteiger partial charge in [0.15, 0.2) is 0 Å². The summed E-state index contributed by atoms with van der Waals surface area (Å²) >= 11 is 1.80. The van der Waals surface area contributed by atoms with Gasteiger partial charge in [0.2, 0.25) is 0 Å². The summed E-state index contributed by atoms with van der Waals surface area (Å²) in [6, 6.07) is 2.03. The fraction of sp³-hybridized carbons (Fsp3) is 0.636. The predicted molar refractivity (Wildman–Crippen MR) is 65.3 cm³/mol. The van der Waals surface area contributed by atoms with E-state index in [-0.39, 0.29) is 0 Å². The van der Waals surface area contributed by atoms with E-state index < -0.39 is 0 Å². The van der Waals surface area contributed by atoms with Gasteiger partial charge in [-0.2, -0.15) is 0 Å². The van der Waals surface area contributed by atoms with Gasteiger partial charge < -0.3 is 4.90 Å². The van der Waals surface area contributed by atoms with Crippen molar-refractivity contribution in [1.29, 1.82) is 0 Å². The first-order chi connectivity index (χ1) is 7.26. The van der Waals surface area contributed by atoms with Crippen LogP contribution in [0.15, 0.2) is 17.4 Å². The summed E-state index contributed by atoms with van der Waals surface area (Å²) in [5.74, 6) is 1.10. The molecule has 0 saturated carbocycles. The molecule has 0 spiro atoms. The molecule has 0 unspecified atom stereocenters. The van der Waals surface area contributed by atoms with Crippen LogP contribution < -0.4 is 0 Å². The van der Waals surface area contributed by atoms with Gasteiger partial charge in [-0.15, -0.1) is 11.8 Å². The molecule has 1 aromatic heterocycles. The van der Waals surface area contributed by atoms with Crippen LogP contribution >= 0.6 is 11.8 Å². The summed E-state index contributed by atoms with van der Waals surface area (Å²) in [5, 5.41) is 1.08. The van der Waals surface area contributed by atoms with Gasteiger partial charge in [-0.1, -0.05) is 13.8 Å². The van der Waals surface area contributed by atoms with E-state index in [1.54, 1.807) is 18.1 Å². The molecule has 0 aliphatic rings. The second kappa shape index (κ2) is 6.80. The molecule has 84 valence electrons. The van der Waals surface area contributed by atoms with Crippen molar-refractivity contribution in [2.45, 2.75) is 25.8 Å². The quantitative estimate of drug-likeness (QED) is 0.548. The molecule has 0 amide bonds. The van der Waals surface area contributed by atoms with E-state index in [0.717, 1.165) is 36.1 Å². The van der Waals surface area contributed by atoms with Crippen LogP contribution in [0.1, 0.15) is 19.5 Å². The summed E-state index contributed by atoms with van der Waals surface area (Å²) in [5.41, 5.74) is 1.04. The molecule has 0 aliphatic carbocycles. The smallest absolute Gasteiger partial charge is 0.116 e. The zero-order chi connectivity index (χ0) is 11.1. The minimum atomic E-state index is 1.04. The highest BCUT2D eigenvalue weighted by Crippen LogP contribution is 2.14. The number of nitrogens with zero attached hydrogens (tertiary/aromatic N) is 3. The van der Waals surface area contributed by atoms with Crippen molar-refractivity contribution in [3.05, 3.63) is 18.1 Å². The van der Waals surface area contributed by atoms with Crippen molar-refractivity contribution in [2.24, 2.45) is 0 Å². The van der Waals surface area contributed by atoms with Crippen molar-refractivity contribution in [1.82, 2.24) is 14.9 Å². The van der Waals surface area contributed by atoms with Gasteiger partial charge in [-0.25, -0.2) is 9.97 Å². The van der Waals surface area contributed by atoms with E-state index in [1.165, 1.54) is 0 Å². The highest BCUT2D eigenvalue weighted by Gasteiger charge is 2.00. The van der Waals surface area contributed by atoms with E-state index in [2.05, 4.69) is 28.7 Å². The monoisotopic (exact) mass is 225 g/mol. The maximum absolute atomic E-state index is 4.22. The van der Waals surface area contributed by atoms with Crippen molar-refractivity contribution >= 4 is 11.8 Å². The Labute approximate surface area is 96.3 Å². The molecule has 1 rings (SSSR count). The van der Waals surface area contributed by atoms with Crippen LogP contribution in [0.2, 0.25) is 0 Å². The standard InChI is InChI=1S/C11H19N3S/c1-4-14(5-2)6-7-15-11-8-10(3)12-9-13-11/h8-9H,4-7H2,1-3H3. The molecule has 0 saturated heterocycles. The minimum Gasteiger partial charge on any atom is -0.303 e. The van der Waals surface area contributed by atoms with Gasteiger partial charge in [0, 0.05) is 18.0 Å².